The monoisotopic (exact) mass is 364 g/mol. The molecule has 4 fully saturated rings. The number of ether oxygens (including phenoxy) is 1. The molecule has 146 valence electrons. The summed E-state index contributed by atoms with van der Waals surface area (Å²) in [7, 11) is 1.56. The molecule has 4 bridgehead atoms. The molecule has 4 saturated carbocycles. The molecule has 0 atom stereocenters. The Morgan fingerprint density at radius 2 is 1.54 bits per heavy atom. The molecule has 1 N–H and O–H groups in total. The average Bonchev–Trinajstić information content (AvgIpc) is 2.48. The Hall–Kier alpha value is -1.59. The highest BCUT2D eigenvalue weighted by molar-refractivity contribution is 5.89. The number of nitrogens with one attached hydrogen (secondary N) is 1. The van der Waals surface area contributed by atoms with Crippen LogP contribution in [0.25, 0.3) is 0 Å². The number of carbonyl (C=O) groups excluding carboxylic acids is 3. The summed E-state index contributed by atoms with van der Waals surface area (Å²) in [6.07, 6.45) is 6.78. The number of nitrogens with zero attached hydrogens (tertiary/aromatic N) is 1. The smallest absolute Gasteiger partial charge is 0.326 e. The van der Waals surface area contributed by atoms with Crippen molar-refractivity contribution in [2.75, 3.05) is 20.1 Å². The SMILES string of the molecule is CN(CC(=O)OC(C)(C)C)C(=O)CNC(=O)C12CC3CC(CC(C3)C1)C2. The molecule has 0 radical (unpaired) electrons. The van der Waals surface area contributed by atoms with Crippen molar-refractivity contribution in [3.8, 4) is 0 Å². The fraction of sp³-hybridized carbons (Fsp3) is 0.850. The third-order valence-corrected chi connectivity index (χ3v) is 6.13. The number of hydrogen-bond acceptors (Lipinski definition) is 4. The van der Waals surface area contributed by atoms with E-state index in [1.807, 2.05) is 0 Å². The molecule has 0 saturated heterocycles. The Balaban J connectivity index is 1.48. The van der Waals surface area contributed by atoms with E-state index in [-0.39, 0.29) is 30.3 Å². The topological polar surface area (TPSA) is 75.7 Å². The lowest BCUT2D eigenvalue weighted by molar-refractivity contribution is -0.158. The molecule has 6 heteroatoms. The van der Waals surface area contributed by atoms with Crippen LogP contribution in [-0.2, 0) is 19.1 Å². The van der Waals surface area contributed by atoms with Crippen LogP contribution in [0.3, 0.4) is 0 Å². The number of hydrogen-bond donors (Lipinski definition) is 1. The van der Waals surface area contributed by atoms with Gasteiger partial charge in [-0.25, -0.2) is 0 Å². The van der Waals surface area contributed by atoms with E-state index < -0.39 is 11.6 Å². The number of esters is 1. The van der Waals surface area contributed by atoms with E-state index in [2.05, 4.69) is 5.32 Å². The van der Waals surface area contributed by atoms with Gasteiger partial charge in [-0.1, -0.05) is 0 Å². The third-order valence-electron chi connectivity index (χ3n) is 6.13. The molecule has 0 aromatic heterocycles. The van der Waals surface area contributed by atoms with E-state index >= 15 is 0 Å². The summed E-state index contributed by atoms with van der Waals surface area (Å²) in [6.45, 7) is 5.21. The second kappa shape index (κ2) is 6.86. The van der Waals surface area contributed by atoms with Gasteiger partial charge in [-0.3, -0.25) is 14.4 Å². The quantitative estimate of drug-likeness (QED) is 0.758. The van der Waals surface area contributed by atoms with Gasteiger partial charge in [0.2, 0.25) is 11.8 Å². The second-order valence-corrected chi connectivity index (χ2v) is 9.72. The molecule has 0 unspecified atom stereocenters. The van der Waals surface area contributed by atoms with Crippen molar-refractivity contribution in [3.63, 3.8) is 0 Å². The van der Waals surface area contributed by atoms with Crippen LogP contribution < -0.4 is 5.32 Å². The van der Waals surface area contributed by atoms with Crippen LogP contribution in [-0.4, -0.2) is 48.4 Å². The van der Waals surface area contributed by atoms with Gasteiger partial charge in [0.1, 0.15) is 12.1 Å². The van der Waals surface area contributed by atoms with Crippen molar-refractivity contribution in [2.24, 2.45) is 23.2 Å². The summed E-state index contributed by atoms with van der Waals surface area (Å²) in [4.78, 5) is 38.3. The van der Waals surface area contributed by atoms with Crippen molar-refractivity contribution in [3.05, 3.63) is 0 Å². The number of carbonyl (C=O) groups is 3. The van der Waals surface area contributed by atoms with Gasteiger partial charge in [-0.05, 0) is 77.0 Å². The Morgan fingerprint density at radius 3 is 2.00 bits per heavy atom. The molecular weight excluding hydrogens is 332 g/mol. The lowest BCUT2D eigenvalue weighted by atomic mass is 9.49. The molecule has 2 amide bonds. The van der Waals surface area contributed by atoms with Crippen LogP contribution in [0.5, 0.6) is 0 Å². The number of likely N-dealkylation sites (N-methyl/N-ethyl adjacent to an activating group) is 1. The molecule has 0 aliphatic heterocycles. The van der Waals surface area contributed by atoms with Crippen LogP contribution in [0, 0.1) is 23.2 Å². The summed E-state index contributed by atoms with van der Waals surface area (Å²) < 4.78 is 5.23. The molecule has 0 heterocycles. The fourth-order valence-corrected chi connectivity index (χ4v) is 5.52. The van der Waals surface area contributed by atoms with E-state index in [4.69, 9.17) is 4.74 Å². The lowest BCUT2D eigenvalue weighted by Gasteiger charge is -2.55. The van der Waals surface area contributed by atoms with E-state index in [0.717, 1.165) is 19.3 Å². The molecule has 26 heavy (non-hydrogen) atoms. The van der Waals surface area contributed by atoms with Gasteiger partial charge in [0.15, 0.2) is 0 Å². The third kappa shape index (κ3) is 4.21. The maximum Gasteiger partial charge on any atom is 0.326 e. The molecule has 4 aliphatic rings. The predicted octanol–water partition coefficient (Wildman–Crippen LogP) is 2.12. The maximum absolute atomic E-state index is 12.9. The Kier molecular flexibility index (Phi) is 5.06. The van der Waals surface area contributed by atoms with Crippen LogP contribution in [0.4, 0.5) is 0 Å². The number of amides is 2. The van der Waals surface area contributed by atoms with Gasteiger partial charge in [0.05, 0.1) is 6.54 Å². The molecule has 4 rings (SSSR count). The van der Waals surface area contributed by atoms with E-state index in [1.165, 1.54) is 24.2 Å². The van der Waals surface area contributed by atoms with Crippen molar-refractivity contribution >= 4 is 17.8 Å². The van der Waals surface area contributed by atoms with E-state index in [1.54, 1.807) is 27.8 Å². The van der Waals surface area contributed by atoms with Crippen molar-refractivity contribution < 1.29 is 19.1 Å². The minimum atomic E-state index is -0.576. The van der Waals surface area contributed by atoms with E-state index in [9.17, 15) is 14.4 Å². The van der Waals surface area contributed by atoms with Crippen LogP contribution in [0.15, 0.2) is 0 Å². The largest absolute Gasteiger partial charge is 0.459 e. The standard InChI is InChI=1S/C20H32N2O4/c1-19(2,3)26-17(24)12-22(4)16(23)11-21-18(25)20-8-13-5-14(9-20)7-15(6-13)10-20/h13-15H,5-12H2,1-4H3,(H,21,25). The van der Waals surface area contributed by atoms with Gasteiger partial charge in [0, 0.05) is 12.5 Å². The first-order chi connectivity index (χ1) is 12.1. The van der Waals surface area contributed by atoms with Crippen molar-refractivity contribution in [1.29, 1.82) is 0 Å². The zero-order valence-corrected chi connectivity index (χ0v) is 16.5. The molecule has 6 nitrogen and oxygen atoms in total. The summed E-state index contributed by atoms with van der Waals surface area (Å²) in [5, 5.41) is 2.86. The second-order valence-electron chi connectivity index (χ2n) is 9.72. The van der Waals surface area contributed by atoms with E-state index in [0.29, 0.717) is 17.8 Å². The van der Waals surface area contributed by atoms with Crippen LogP contribution >= 0.6 is 0 Å². The molecule has 4 aliphatic carbocycles. The minimum absolute atomic E-state index is 0.0376. The first-order valence-electron chi connectivity index (χ1n) is 9.80. The lowest BCUT2D eigenvalue weighted by Crippen LogP contribution is -2.54. The van der Waals surface area contributed by atoms with Gasteiger partial charge in [0.25, 0.3) is 0 Å². The zero-order chi connectivity index (χ0) is 19.1. The Bertz CT molecular complexity index is 558. The van der Waals surface area contributed by atoms with Crippen molar-refractivity contribution in [2.45, 2.75) is 64.9 Å². The Labute approximate surface area is 156 Å². The van der Waals surface area contributed by atoms with Gasteiger partial charge < -0.3 is 15.0 Å². The summed E-state index contributed by atoms with van der Waals surface area (Å²) in [5.41, 5.74) is -0.827. The maximum atomic E-state index is 12.9. The van der Waals surface area contributed by atoms with Crippen LogP contribution in [0.1, 0.15) is 59.3 Å². The highest BCUT2D eigenvalue weighted by Gasteiger charge is 2.54. The van der Waals surface area contributed by atoms with Crippen molar-refractivity contribution in [1.82, 2.24) is 10.2 Å². The van der Waals surface area contributed by atoms with Gasteiger partial charge >= 0.3 is 5.97 Å². The van der Waals surface area contributed by atoms with Gasteiger partial charge in [-0.15, -0.1) is 0 Å². The number of rotatable bonds is 5. The minimum Gasteiger partial charge on any atom is -0.459 e. The summed E-state index contributed by atoms with van der Waals surface area (Å²) >= 11 is 0. The average molecular weight is 364 g/mol. The zero-order valence-electron chi connectivity index (χ0n) is 16.5. The summed E-state index contributed by atoms with van der Waals surface area (Å²) in [5.74, 6) is 1.40. The predicted molar refractivity (Wildman–Crippen MR) is 97.1 cm³/mol. The normalized spacial score (nSPS) is 32.2. The van der Waals surface area contributed by atoms with Crippen LogP contribution in [0.2, 0.25) is 0 Å². The first kappa shape index (κ1) is 19.2. The molecule has 0 spiro atoms. The fourth-order valence-electron chi connectivity index (χ4n) is 5.52. The molecule has 0 aromatic rings. The summed E-state index contributed by atoms with van der Waals surface area (Å²) in [6, 6.07) is 0. The Morgan fingerprint density at radius 1 is 1.04 bits per heavy atom. The molecular formula is C20H32N2O4. The van der Waals surface area contributed by atoms with Gasteiger partial charge in [-0.2, -0.15) is 0 Å². The first-order valence-corrected chi connectivity index (χ1v) is 9.80. The highest BCUT2D eigenvalue weighted by atomic mass is 16.6. The molecule has 0 aromatic carbocycles. The highest BCUT2D eigenvalue weighted by Crippen LogP contribution is 2.60.